The Hall–Kier alpha value is -2.36. The topological polar surface area (TPSA) is 73.3 Å². The van der Waals surface area contributed by atoms with E-state index in [0.717, 1.165) is 16.9 Å². The number of guanidine groups is 1. The van der Waals surface area contributed by atoms with E-state index < -0.39 is 0 Å². The normalized spacial score (nSPS) is 10.5. The van der Waals surface area contributed by atoms with Crippen molar-refractivity contribution in [3.05, 3.63) is 47.5 Å². The van der Waals surface area contributed by atoms with Crippen molar-refractivity contribution in [3.63, 3.8) is 0 Å². The average Bonchev–Trinajstić information content (AvgIpc) is 2.73. The molecular formula is C20H28IN3O4. The number of aliphatic imine (C=N–C) groups is 1. The first-order valence-corrected chi connectivity index (χ1v) is 8.51. The van der Waals surface area contributed by atoms with Crippen LogP contribution in [0.2, 0.25) is 0 Å². The second kappa shape index (κ2) is 12.2. The molecule has 28 heavy (non-hydrogen) atoms. The van der Waals surface area contributed by atoms with Gasteiger partial charge in [-0.05, 0) is 17.7 Å². The molecular weight excluding hydrogens is 473 g/mol. The maximum atomic E-state index is 5.48. The van der Waals surface area contributed by atoms with Crippen LogP contribution in [-0.4, -0.2) is 41.4 Å². The molecule has 8 heteroatoms. The molecule has 0 unspecified atom stereocenters. The van der Waals surface area contributed by atoms with Crippen molar-refractivity contribution < 1.29 is 18.9 Å². The first kappa shape index (κ1) is 23.7. The Kier molecular flexibility index (Phi) is 10.3. The second-order valence-electron chi connectivity index (χ2n) is 5.64. The Morgan fingerprint density at radius 1 is 0.786 bits per heavy atom. The fourth-order valence-electron chi connectivity index (χ4n) is 2.57. The molecule has 0 aromatic heterocycles. The number of rotatable bonds is 8. The van der Waals surface area contributed by atoms with Gasteiger partial charge in [-0.15, -0.1) is 24.0 Å². The van der Waals surface area contributed by atoms with Gasteiger partial charge in [-0.3, -0.25) is 4.99 Å². The molecule has 0 saturated carbocycles. The third-order valence-electron chi connectivity index (χ3n) is 4.09. The van der Waals surface area contributed by atoms with Gasteiger partial charge in [0.15, 0.2) is 5.96 Å². The van der Waals surface area contributed by atoms with Gasteiger partial charge < -0.3 is 29.6 Å². The summed E-state index contributed by atoms with van der Waals surface area (Å²) in [5.74, 6) is 3.55. The fourth-order valence-corrected chi connectivity index (χ4v) is 2.57. The number of halogens is 1. The summed E-state index contributed by atoms with van der Waals surface area (Å²) in [4.78, 5) is 4.26. The van der Waals surface area contributed by atoms with Crippen LogP contribution >= 0.6 is 24.0 Å². The lowest BCUT2D eigenvalue weighted by atomic mass is 10.1. The molecule has 2 rings (SSSR count). The SMILES string of the molecule is CN=C(NCc1ccc(OC)cc1)NCc1c(OC)cc(OC)cc1OC.I. The molecule has 0 aliphatic carbocycles. The van der Waals surface area contributed by atoms with E-state index in [1.54, 1.807) is 35.5 Å². The largest absolute Gasteiger partial charge is 0.497 e. The van der Waals surface area contributed by atoms with Crippen LogP contribution in [0, 0.1) is 0 Å². The molecule has 2 aromatic carbocycles. The van der Waals surface area contributed by atoms with Crippen LogP contribution in [-0.2, 0) is 13.1 Å². The van der Waals surface area contributed by atoms with Crippen LogP contribution in [0.25, 0.3) is 0 Å². The number of methoxy groups -OCH3 is 4. The number of benzene rings is 2. The lowest BCUT2D eigenvalue weighted by molar-refractivity contribution is 0.368. The standard InChI is InChI=1S/C20H27N3O4.HI/c1-21-20(22-12-14-6-8-15(24-2)9-7-14)23-13-17-18(26-4)10-16(25-3)11-19(17)27-5;/h6-11H,12-13H2,1-5H3,(H2,21,22,23);1H. The molecule has 0 aliphatic rings. The minimum Gasteiger partial charge on any atom is -0.497 e. The highest BCUT2D eigenvalue weighted by Crippen LogP contribution is 2.33. The quantitative estimate of drug-likeness (QED) is 0.329. The molecule has 0 fully saturated rings. The van der Waals surface area contributed by atoms with E-state index in [9.17, 15) is 0 Å². The van der Waals surface area contributed by atoms with E-state index in [4.69, 9.17) is 18.9 Å². The fraction of sp³-hybridized carbons (Fsp3) is 0.350. The van der Waals surface area contributed by atoms with Crippen molar-refractivity contribution >= 4 is 29.9 Å². The Bertz CT molecular complexity index is 742. The van der Waals surface area contributed by atoms with E-state index in [1.165, 1.54) is 0 Å². The Morgan fingerprint density at radius 2 is 1.32 bits per heavy atom. The molecule has 154 valence electrons. The smallest absolute Gasteiger partial charge is 0.191 e. The number of ether oxygens (including phenoxy) is 4. The van der Waals surface area contributed by atoms with Gasteiger partial charge in [-0.1, -0.05) is 12.1 Å². The van der Waals surface area contributed by atoms with Crippen LogP contribution in [0.4, 0.5) is 0 Å². The van der Waals surface area contributed by atoms with E-state index in [-0.39, 0.29) is 24.0 Å². The molecule has 0 heterocycles. The van der Waals surface area contributed by atoms with Gasteiger partial charge in [0, 0.05) is 25.7 Å². The zero-order chi connectivity index (χ0) is 19.6. The number of nitrogens with zero attached hydrogens (tertiary/aromatic N) is 1. The van der Waals surface area contributed by atoms with Crippen LogP contribution in [0.5, 0.6) is 23.0 Å². The number of nitrogens with one attached hydrogen (secondary N) is 2. The lowest BCUT2D eigenvalue weighted by Gasteiger charge is -2.17. The summed E-state index contributed by atoms with van der Waals surface area (Å²) in [7, 11) is 8.23. The minimum absolute atomic E-state index is 0. The van der Waals surface area contributed by atoms with Crippen molar-refractivity contribution in [3.8, 4) is 23.0 Å². The summed E-state index contributed by atoms with van der Waals surface area (Å²) in [6.07, 6.45) is 0. The molecule has 0 atom stereocenters. The van der Waals surface area contributed by atoms with Gasteiger partial charge in [-0.2, -0.15) is 0 Å². The van der Waals surface area contributed by atoms with Crippen LogP contribution < -0.4 is 29.6 Å². The maximum absolute atomic E-state index is 5.48. The van der Waals surface area contributed by atoms with Gasteiger partial charge >= 0.3 is 0 Å². The third kappa shape index (κ3) is 6.36. The molecule has 2 aromatic rings. The third-order valence-corrected chi connectivity index (χ3v) is 4.09. The predicted molar refractivity (Wildman–Crippen MR) is 122 cm³/mol. The summed E-state index contributed by atoms with van der Waals surface area (Å²) >= 11 is 0. The van der Waals surface area contributed by atoms with Gasteiger partial charge in [0.05, 0.1) is 40.5 Å². The molecule has 0 saturated heterocycles. The molecule has 0 aliphatic heterocycles. The van der Waals surface area contributed by atoms with Crippen LogP contribution in [0.3, 0.4) is 0 Å². The summed E-state index contributed by atoms with van der Waals surface area (Å²) in [5, 5.41) is 6.56. The zero-order valence-corrected chi connectivity index (χ0v) is 19.2. The van der Waals surface area contributed by atoms with Crippen molar-refractivity contribution in [2.75, 3.05) is 35.5 Å². The average molecular weight is 501 g/mol. The maximum Gasteiger partial charge on any atom is 0.191 e. The second-order valence-corrected chi connectivity index (χ2v) is 5.64. The number of hydrogen-bond acceptors (Lipinski definition) is 5. The Balaban J connectivity index is 0.00000392. The van der Waals surface area contributed by atoms with Gasteiger partial charge in [0.2, 0.25) is 0 Å². The van der Waals surface area contributed by atoms with Gasteiger partial charge in [0.25, 0.3) is 0 Å². The molecule has 7 nitrogen and oxygen atoms in total. The first-order valence-electron chi connectivity index (χ1n) is 8.51. The zero-order valence-electron chi connectivity index (χ0n) is 16.9. The van der Waals surface area contributed by atoms with E-state index in [2.05, 4.69) is 15.6 Å². The van der Waals surface area contributed by atoms with E-state index in [0.29, 0.717) is 36.3 Å². The summed E-state index contributed by atoms with van der Waals surface area (Å²) in [6.45, 7) is 1.12. The molecule has 0 amide bonds. The molecule has 2 N–H and O–H groups in total. The molecule has 0 spiro atoms. The van der Waals surface area contributed by atoms with Crippen molar-refractivity contribution in [1.82, 2.24) is 10.6 Å². The Morgan fingerprint density at radius 3 is 1.79 bits per heavy atom. The van der Waals surface area contributed by atoms with Crippen LogP contribution in [0.15, 0.2) is 41.4 Å². The van der Waals surface area contributed by atoms with Gasteiger partial charge in [-0.25, -0.2) is 0 Å². The highest BCUT2D eigenvalue weighted by molar-refractivity contribution is 14.0. The summed E-state index contributed by atoms with van der Waals surface area (Å²) in [6, 6.07) is 11.5. The van der Waals surface area contributed by atoms with Crippen molar-refractivity contribution in [1.29, 1.82) is 0 Å². The van der Waals surface area contributed by atoms with Crippen molar-refractivity contribution in [2.24, 2.45) is 4.99 Å². The van der Waals surface area contributed by atoms with E-state index in [1.807, 2.05) is 36.4 Å². The Labute approximate surface area is 183 Å². The monoisotopic (exact) mass is 501 g/mol. The highest BCUT2D eigenvalue weighted by Gasteiger charge is 2.13. The number of hydrogen-bond donors (Lipinski definition) is 2. The first-order chi connectivity index (χ1) is 13.1. The molecule has 0 radical (unpaired) electrons. The van der Waals surface area contributed by atoms with E-state index >= 15 is 0 Å². The molecule has 0 bridgehead atoms. The summed E-state index contributed by atoms with van der Waals surface area (Å²) < 4.78 is 21.4. The van der Waals surface area contributed by atoms with Crippen LogP contribution in [0.1, 0.15) is 11.1 Å². The summed E-state index contributed by atoms with van der Waals surface area (Å²) in [5.41, 5.74) is 2.01. The lowest BCUT2D eigenvalue weighted by Crippen LogP contribution is -2.36. The van der Waals surface area contributed by atoms with Crippen molar-refractivity contribution in [2.45, 2.75) is 13.1 Å². The minimum atomic E-state index is 0. The van der Waals surface area contributed by atoms with Gasteiger partial charge in [0.1, 0.15) is 23.0 Å². The highest BCUT2D eigenvalue weighted by atomic mass is 127. The predicted octanol–water partition coefficient (Wildman–Crippen LogP) is 3.20.